The van der Waals surface area contributed by atoms with Crippen molar-refractivity contribution in [2.45, 2.75) is 57.1 Å². The molecule has 0 radical (unpaired) electrons. The second-order valence-electron chi connectivity index (χ2n) is 6.29. The Morgan fingerprint density at radius 2 is 1.96 bits per heavy atom. The van der Waals surface area contributed by atoms with E-state index >= 15 is 0 Å². The molecular weight excluding hydrogens is 310 g/mol. The number of nitrogens with zero attached hydrogens (tertiary/aromatic N) is 4. The van der Waals surface area contributed by atoms with Crippen LogP contribution >= 0.6 is 11.8 Å². The van der Waals surface area contributed by atoms with Gasteiger partial charge in [-0.2, -0.15) is 0 Å². The molecule has 0 saturated carbocycles. The van der Waals surface area contributed by atoms with Crippen molar-refractivity contribution >= 4 is 17.7 Å². The van der Waals surface area contributed by atoms with Gasteiger partial charge in [0.15, 0.2) is 11.0 Å². The number of thioether (sulfide) groups is 1. The fraction of sp³-hybridized carbons (Fsp3) is 0.500. The minimum atomic E-state index is -0.244. The largest absolute Gasteiger partial charge is 0.351 e. The average Bonchev–Trinajstić information content (AvgIpc) is 2.89. The Kier molecular flexibility index (Phi) is 5.41. The van der Waals surface area contributed by atoms with Gasteiger partial charge in [0.05, 0.1) is 5.25 Å². The zero-order valence-electron chi connectivity index (χ0n) is 14.2. The van der Waals surface area contributed by atoms with Gasteiger partial charge in [-0.3, -0.25) is 9.78 Å². The van der Waals surface area contributed by atoms with Gasteiger partial charge in [-0.1, -0.05) is 11.8 Å². The molecule has 2 rings (SSSR count). The Morgan fingerprint density at radius 3 is 2.52 bits per heavy atom. The summed E-state index contributed by atoms with van der Waals surface area (Å²) >= 11 is 1.42. The maximum Gasteiger partial charge on any atom is 0.233 e. The first-order chi connectivity index (χ1) is 10.8. The molecule has 0 unspecified atom stereocenters. The summed E-state index contributed by atoms with van der Waals surface area (Å²) in [5.41, 5.74) is 0.722. The average molecular weight is 333 g/mol. The van der Waals surface area contributed by atoms with Gasteiger partial charge >= 0.3 is 0 Å². The van der Waals surface area contributed by atoms with Crippen molar-refractivity contribution in [1.82, 2.24) is 25.1 Å². The maximum atomic E-state index is 12.2. The van der Waals surface area contributed by atoms with Crippen LogP contribution in [-0.4, -0.2) is 36.4 Å². The van der Waals surface area contributed by atoms with Gasteiger partial charge in [0, 0.05) is 30.0 Å². The smallest absolute Gasteiger partial charge is 0.233 e. The van der Waals surface area contributed by atoms with E-state index < -0.39 is 0 Å². The normalized spacial score (nSPS) is 12.9. The van der Waals surface area contributed by atoms with E-state index in [4.69, 9.17) is 0 Å². The highest BCUT2D eigenvalue weighted by molar-refractivity contribution is 8.00. The van der Waals surface area contributed by atoms with E-state index in [1.165, 1.54) is 11.8 Å². The first-order valence-electron chi connectivity index (χ1n) is 7.64. The second kappa shape index (κ2) is 7.12. The van der Waals surface area contributed by atoms with E-state index in [-0.39, 0.29) is 16.7 Å². The van der Waals surface area contributed by atoms with E-state index in [0.29, 0.717) is 0 Å². The number of pyridine rings is 1. The fourth-order valence-electron chi connectivity index (χ4n) is 2.06. The van der Waals surface area contributed by atoms with E-state index in [9.17, 15) is 4.79 Å². The lowest BCUT2D eigenvalue weighted by atomic mass is 10.1. The SMILES string of the molecule is CCn1c(S[C@H](C)C(=O)NC(C)(C)C)nnc1-c1ccncc1. The zero-order chi connectivity index (χ0) is 17.0. The quantitative estimate of drug-likeness (QED) is 0.852. The third-order valence-electron chi connectivity index (χ3n) is 3.12. The van der Waals surface area contributed by atoms with Gasteiger partial charge in [0.25, 0.3) is 0 Å². The van der Waals surface area contributed by atoms with Gasteiger partial charge in [-0.25, -0.2) is 0 Å². The summed E-state index contributed by atoms with van der Waals surface area (Å²) in [6.07, 6.45) is 3.46. The van der Waals surface area contributed by atoms with Crippen LogP contribution in [0.2, 0.25) is 0 Å². The molecule has 2 heterocycles. The van der Waals surface area contributed by atoms with Gasteiger partial charge in [0.2, 0.25) is 5.91 Å². The van der Waals surface area contributed by atoms with E-state index in [0.717, 1.165) is 23.1 Å². The fourth-order valence-corrected chi connectivity index (χ4v) is 2.97. The predicted octanol–water partition coefficient (Wildman–Crippen LogP) is 2.76. The van der Waals surface area contributed by atoms with Gasteiger partial charge in [0.1, 0.15) is 0 Å². The lowest BCUT2D eigenvalue weighted by Gasteiger charge is -2.22. The van der Waals surface area contributed by atoms with Crippen molar-refractivity contribution in [2.24, 2.45) is 0 Å². The number of nitrogens with one attached hydrogen (secondary N) is 1. The predicted molar refractivity (Wildman–Crippen MR) is 92.1 cm³/mol. The number of hydrogen-bond donors (Lipinski definition) is 1. The number of aromatic nitrogens is 4. The lowest BCUT2D eigenvalue weighted by Crippen LogP contribution is -2.44. The van der Waals surface area contributed by atoms with Crippen LogP contribution in [0.25, 0.3) is 11.4 Å². The highest BCUT2D eigenvalue weighted by atomic mass is 32.2. The summed E-state index contributed by atoms with van der Waals surface area (Å²) in [6.45, 7) is 10.6. The topological polar surface area (TPSA) is 72.7 Å². The van der Waals surface area contributed by atoms with Crippen LogP contribution in [0.15, 0.2) is 29.7 Å². The van der Waals surface area contributed by atoms with Crippen LogP contribution in [0.5, 0.6) is 0 Å². The summed E-state index contributed by atoms with van der Waals surface area (Å²) in [7, 11) is 0. The zero-order valence-corrected chi connectivity index (χ0v) is 15.0. The molecule has 23 heavy (non-hydrogen) atoms. The number of hydrogen-bond acceptors (Lipinski definition) is 5. The monoisotopic (exact) mass is 333 g/mol. The Labute approximate surface area is 141 Å². The molecule has 0 fully saturated rings. The number of rotatable bonds is 5. The molecule has 0 spiro atoms. The molecule has 1 amide bonds. The van der Waals surface area contributed by atoms with Gasteiger partial charge in [-0.05, 0) is 46.8 Å². The van der Waals surface area contributed by atoms with Crippen LogP contribution in [-0.2, 0) is 11.3 Å². The molecule has 0 aliphatic heterocycles. The van der Waals surface area contributed by atoms with E-state index in [2.05, 4.69) is 20.5 Å². The van der Waals surface area contributed by atoms with Crippen LogP contribution in [0.4, 0.5) is 0 Å². The van der Waals surface area contributed by atoms with Crippen molar-refractivity contribution in [1.29, 1.82) is 0 Å². The molecule has 0 aromatic carbocycles. The third kappa shape index (κ3) is 4.54. The lowest BCUT2D eigenvalue weighted by molar-refractivity contribution is -0.121. The van der Waals surface area contributed by atoms with Crippen molar-refractivity contribution in [3.63, 3.8) is 0 Å². The van der Waals surface area contributed by atoms with Crippen LogP contribution < -0.4 is 5.32 Å². The van der Waals surface area contributed by atoms with Crippen molar-refractivity contribution < 1.29 is 4.79 Å². The van der Waals surface area contributed by atoms with Gasteiger partial charge in [-0.15, -0.1) is 10.2 Å². The highest BCUT2D eigenvalue weighted by Crippen LogP contribution is 2.26. The summed E-state index contributed by atoms with van der Waals surface area (Å²) in [6, 6.07) is 3.81. The molecule has 124 valence electrons. The first-order valence-corrected chi connectivity index (χ1v) is 8.52. The molecule has 6 nitrogen and oxygen atoms in total. The molecule has 1 N–H and O–H groups in total. The first kappa shape index (κ1) is 17.5. The molecule has 0 aliphatic carbocycles. The standard InChI is InChI=1S/C16H23N5OS/c1-6-21-13(12-7-9-17-10-8-12)19-20-15(21)23-11(2)14(22)18-16(3,4)5/h7-11H,6H2,1-5H3,(H,18,22)/t11-/m1/s1. The maximum absolute atomic E-state index is 12.2. The number of carbonyl (C=O) groups is 1. The molecule has 0 bridgehead atoms. The van der Waals surface area contributed by atoms with Crippen molar-refractivity contribution in [3.05, 3.63) is 24.5 Å². The molecule has 0 aliphatic rings. The summed E-state index contributed by atoms with van der Waals surface area (Å²) in [5.74, 6) is 0.791. The Morgan fingerprint density at radius 1 is 1.30 bits per heavy atom. The Hall–Kier alpha value is -1.89. The van der Waals surface area contributed by atoms with Crippen molar-refractivity contribution in [3.8, 4) is 11.4 Å². The number of carbonyl (C=O) groups excluding carboxylic acids is 1. The van der Waals surface area contributed by atoms with Crippen LogP contribution in [0.1, 0.15) is 34.6 Å². The second-order valence-corrected chi connectivity index (χ2v) is 7.59. The summed E-state index contributed by atoms with van der Waals surface area (Å²) in [4.78, 5) is 16.3. The molecule has 1 atom stereocenters. The highest BCUT2D eigenvalue weighted by Gasteiger charge is 2.23. The molecule has 2 aromatic heterocycles. The summed E-state index contributed by atoms with van der Waals surface area (Å²) < 4.78 is 2.01. The molecule has 2 aromatic rings. The van der Waals surface area contributed by atoms with E-state index in [1.807, 2.05) is 51.3 Å². The Bertz CT molecular complexity index is 663. The van der Waals surface area contributed by atoms with Gasteiger partial charge < -0.3 is 9.88 Å². The molecule has 0 saturated heterocycles. The molecule has 7 heteroatoms. The number of amides is 1. The van der Waals surface area contributed by atoms with E-state index in [1.54, 1.807) is 12.4 Å². The molecular formula is C16H23N5OS. The minimum Gasteiger partial charge on any atom is -0.351 e. The third-order valence-corrected chi connectivity index (χ3v) is 4.20. The summed E-state index contributed by atoms with van der Waals surface area (Å²) in [5, 5.41) is 12.0. The van der Waals surface area contributed by atoms with Crippen LogP contribution in [0.3, 0.4) is 0 Å². The van der Waals surface area contributed by atoms with Crippen LogP contribution in [0, 0.1) is 0 Å². The Balaban J connectivity index is 2.18. The van der Waals surface area contributed by atoms with Crippen molar-refractivity contribution in [2.75, 3.05) is 0 Å². The minimum absolute atomic E-state index is 0.00128.